The van der Waals surface area contributed by atoms with E-state index in [0.717, 1.165) is 16.8 Å². The van der Waals surface area contributed by atoms with Crippen LogP contribution in [0.2, 0.25) is 0 Å². The van der Waals surface area contributed by atoms with E-state index in [2.05, 4.69) is 15.4 Å². The van der Waals surface area contributed by atoms with Gasteiger partial charge in [0.1, 0.15) is 0 Å². The summed E-state index contributed by atoms with van der Waals surface area (Å²) in [5.41, 5.74) is 2.62. The van der Waals surface area contributed by atoms with Crippen molar-refractivity contribution in [2.75, 3.05) is 19.0 Å². The molecule has 2 aromatic carbocycles. The third-order valence-electron chi connectivity index (χ3n) is 3.74. The lowest BCUT2D eigenvalue weighted by Crippen LogP contribution is -2.30. The van der Waals surface area contributed by atoms with Gasteiger partial charge in [-0.05, 0) is 54.0 Å². The van der Waals surface area contributed by atoms with Gasteiger partial charge in [0.2, 0.25) is 10.0 Å². The monoisotopic (exact) mass is 407 g/mol. The van der Waals surface area contributed by atoms with E-state index in [4.69, 9.17) is 17.4 Å². The van der Waals surface area contributed by atoms with Crippen molar-refractivity contribution in [1.82, 2.24) is 5.32 Å². The molecule has 2 aromatic rings. The lowest BCUT2D eigenvalue weighted by atomic mass is 10.1. The van der Waals surface area contributed by atoms with Gasteiger partial charge in [0.05, 0.1) is 18.4 Å². The molecule has 0 aliphatic rings. The van der Waals surface area contributed by atoms with E-state index < -0.39 is 10.0 Å². The van der Waals surface area contributed by atoms with Gasteiger partial charge in [0, 0.05) is 12.2 Å². The second kappa shape index (κ2) is 9.45. The van der Waals surface area contributed by atoms with Crippen LogP contribution in [0, 0.1) is 0 Å². The minimum absolute atomic E-state index is 0.0899. The highest BCUT2D eigenvalue weighted by Crippen LogP contribution is 2.11. The summed E-state index contributed by atoms with van der Waals surface area (Å²) < 4.78 is 27.1. The summed E-state index contributed by atoms with van der Waals surface area (Å²) in [6.45, 7) is 0.584. The average Bonchev–Trinajstić information content (AvgIpc) is 2.63. The highest BCUT2D eigenvalue weighted by Gasteiger charge is 2.07. The molecule has 0 fully saturated rings. The molecule has 0 unspecified atom stereocenters. The minimum Gasteiger partial charge on any atom is -0.469 e. The van der Waals surface area contributed by atoms with Crippen molar-refractivity contribution in [3.63, 3.8) is 0 Å². The molecule has 7 nitrogen and oxygen atoms in total. The van der Waals surface area contributed by atoms with Crippen LogP contribution in [0.5, 0.6) is 0 Å². The van der Waals surface area contributed by atoms with Gasteiger partial charge in [-0.15, -0.1) is 0 Å². The summed E-state index contributed by atoms with van der Waals surface area (Å²) in [6.07, 6.45) is 0.897. The Kier molecular flexibility index (Phi) is 7.28. The highest BCUT2D eigenvalue weighted by molar-refractivity contribution is 7.89. The number of methoxy groups -OCH3 is 1. The zero-order chi connectivity index (χ0) is 19.9. The number of thiocarbonyl (C=S) groups is 1. The Morgan fingerprint density at radius 3 is 2.22 bits per heavy atom. The zero-order valence-corrected chi connectivity index (χ0v) is 16.4. The molecule has 144 valence electrons. The molecule has 0 heterocycles. The molecule has 0 amide bonds. The SMILES string of the molecule is COC(=O)Cc1ccc(NC(=S)NCCc2ccc(S(N)(=O)=O)cc2)cc1. The van der Waals surface area contributed by atoms with E-state index in [1.54, 1.807) is 12.1 Å². The van der Waals surface area contributed by atoms with Crippen molar-refractivity contribution in [1.29, 1.82) is 0 Å². The molecule has 9 heteroatoms. The Morgan fingerprint density at radius 2 is 1.67 bits per heavy atom. The number of ether oxygens (including phenoxy) is 1. The van der Waals surface area contributed by atoms with Crippen molar-refractivity contribution in [2.24, 2.45) is 5.14 Å². The third kappa shape index (κ3) is 6.97. The predicted molar refractivity (Wildman–Crippen MR) is 108 cm³/mol. The number of rotatable bonds is 7. The number of hydrogen-bond acceptors (Lipinski definition) is 5. The fourth-order valence-electron chi connectivity index (χ4n) is 2.29. The Labute approximate surface area is 164 Å². The molecule has 0 radical (unpaired) electrons. The van der Waals surface area contributed by atoms with Crippen LogP contribution in [-0.4, -0.2) is 33.2 Å². The van der Waals surface area contributed by atoms with Gasteiger partial charge in [0.15, 0.2) is 5.11 Å². The predicted octanol–water partition coefficient (Wildman–Crippen LogP) is 1.58. The Morgan fingerprint density at radius 1 is 1.07 bits per heavy atom. The molecule has 0 saturated heterocycles. The largest absolute Gasteiger partial charge is 0.469 e. The standard InChI is InChI=1S/C18H21N3O4S2/c1-25-17(22)12-14-2-6-15(7-3-14)21-18(26)20-11-10-13-4-8-16(9-5-13)27(19,23)24/h2-9H,10-12H2,1H3,(H2,19,23,24)(H2,20,21,26). The summed E-state index contributed by atoms with van der Waals surface area (Å²) in [6, 6.07) is 13.7. The number of esters is 1. The molecule has 0 aliphatic heterocycles. The first-order valence-electron chi connectivity index (χ1n) is 8.10. The molecule has 0 spiro atoms. The number of sulfonamides is 1. The Hall–Kier alpha value is -2.49. The third-order valence-corrected chi connectivity index (χ3v) is 4.91. The van der Waals surface area contributed by atoms with Gasteiger partial charge in [-0.1, -0.05) is 24.3 Å². The van der Waals surface area contributed by atoms with E-state index >= 15 is 0 Å². The molecule has 2 rings (SSSR count). The maximum Gasteiger partial charge on any atom is 0.309 e. The number of nitrogens with two attached hydrogens (primary N) is 1. The molecule has 0 saturated carbocycles. The van der Waals surface area contributed by atoms with E-state index in [1.165, 1.54) is 19.2 Å². The summed E-state index contributed by atoms with van der Waals surface area (Å²) >= 11 is 5.25. The second-order valence-electron chi connectivity index (χ2n) is 5.77. The molecule has 0 aliphatic carbocycles. The second-order valence-corrected chi connectivity index (χ2v) is 7.74. The first kappa shape index (κ1) is 20.8. The van der Waals surface area contributed by atoms with Crippen LogP contribution in [-0.2, 0) is 32.4 Å². The fourth-order valence-corrected chi connectivity index (χ4v) is 3.02. The van der Waals surface area contributed by atoms with Gasteiger partial charge in [-0.3, -0.25) is 4.79 Å². The van der Waals surface area contributed by atoms with Crippen molar-refractivity contribution in [3.8, 4) is 0 Å². The molecule has 0 bridgehead atoms. The van der Waals surface area contributed by atoms with Crippen LogP contribution in [0.4, 0.5) is 5.69 Å². The van der Waals surface area contributed by atoms with Crippen LogP contribution in [0.15, 0.2) is 53.4 Å². The van der Waals surface area contributed by atoms with Crippen molar-refractivity contribution >= 4 is 39.0 Å². The quantitative estimate of drug-likeness (QED) is 0.472. The number of carbonyl (C=O) groups excluding carboxylic acids is 1. The van der Waals surface area contributed by atoms with Gasteiger partial charge < -0.3 is 15.4 Å². The Balaban J connectivity index is 1.78. The highest BCUT2D eigenvalue weighted by atomic mass is 32.2. The number of anilines is 1. The lowest BCUT2D eigenvalue weighted by molar-refractivity contribution is -0.139. The van der Waals surface area contributed by atoms with E-state index in [0.29, 0.717) is 18.1 Å². The lowest BCUT2D eigenvalue weighted by Gasteiger charge is -2.11. The molecule has 0 aromatic heterocycles. The van der Waals surface area contributed by atoms with E-state index in [1.807, 2.05) is 24.3 Å². The van der Waals surface area contributed by atoms with Gasteiger partial charge in [-0.25, -0.2) is 13.6 Å². The number of benzene rings is 2. The minimum atomic E-state index is -3.67. The molecule has 4 N–H and O–H groups in total. The van der Waals surface area contributed by atoms with Crippen LogP contribution >= 0.6 is 12.2 Å². The summed E-state index contributed by atoms with van der Waals surface area (Å²) in [5.74, 6) is -0.287. The number of hydrogen-bond donors (Lipinski definition) is 3. The zero-order valence-electron chi connectivity index (χ0n) is 14.8. The maximum absolute atomic E-state index is 11.2. The molecule has 27 heavy (non-hydrogen) atoms. The van der Waals surface area contributed by atoms with Crippen molar-refractivity contribution in [2.45, 2.75) is 17.7 Å². The van der Waals surface area contributed by atoms with E-state index in [-0.39, 0.29) is 17.3 Å². The molecule has 0 atom stereocenters. The normalized spacial score (nSPS) is 10.9. The van der Waals surface area contributed by atoms with Crippen molar-refractivity contribution in [3.05, 3.63) is 59.7 Å². The summed E-state index contributed by atoms with van der Waals surface area (Å²) in [4.78, 5) is 11.3. The number of primary sulfonamides is 1. The van der Waals surface area contributed by atoms with Crippen LogP contribution in [0.1, 0.15) is 11.1 Å². The average molecular weight is 408 g/mol. The first-order chi connectivity index (χ1) is 12.8. The topological polar surface area (TPSA) is 111 Å². The maximum atomic E-state index is 11.2. The number of nitrogens with one attached hydrogen (secondary N) is 2. The molecular formula is C18H21N3O4S2. The smallest absolute Gasteiger partial charge is 0.309 e. The van der Waals surface area contributed by atoms with Crippen LogP contribution in [0.25, 0.3) is 0 Å². The van der Waals surface area contributed by atoms with Crippen molar-refractivity contribution < 1.29 is 17.9 Å². The van der Waals surface area contributed by atoms with E-state index in [9.17, 15) is 13.2 Å². The van der Waals surface area contributed by atoms with Gasteiger partial charge >= 0.3 is 5.97 Å². The summed E-state index contributed by atoms with van der Waals surface area (Å²) in [7, 11) is -2.31. The fraction of sp³-hybridized carbons (Fsp3) is 0.222. The van der Waals surface area contributed by atoms with Crippen LogP contribution in [0.3, 0.4) is 0 Å². The van der Waals surface area contributed by atoms with Crippen LogP contribution < -0.4 is 15.8 Å². The van der Waals surface area contributed by atoms with Gasteiger partial charge in [-0.2, -0.15) is 0 Å². The molecular weight excluding hydrogens is 386 g/mol. The number of carbonyl (C=O) groups is 1. The first-order valence-corrected chi connectivity index (χ1v) is 10.1. The van der Waals surface area contributed by atoms with Gasteiger partial charge in [0.25, 0.3) is 0 Å². The summed E-state index contributed by atoms with van der Waals surface area (Å²) in [5, 5.41) is 11.7. The Bertz CT molecular complexity index is 895.